The minimum atomic E-state index is -0.506. The lowest BCUT2D eigenvalue weighted by Crippen LogP contribution is -2.41. The van der Waals surface area contributed by atoms with E-state index in [1.165, 1.54) is 0 Å². The van der Waals surface area contributed by atoms with Gasteiger partial charge >= 0.3 is 6.09 Å². The second-order valence-electron chi connectivity index (χ2n) is 7.28. The first-order valence-electron chi connectivity index (χ1n) is 8.37. The summed E-state index contributed by atoms with van der Waals surface area (Å²) in [5.74, 6) is 0. The molecule has 0 bridgehead atoms. The van der Waals surface area contributed by atoms with Crippen molar-refractivity contribution >= 4 is 11.6 Å². The fourth-order valence-corrected chi connectivity index (χ4v) is 2.55. The number of alkyl carbamates (subject to hydrolysis) is 1. The zero-order chi connectivity index (χ0) is 18.6. The lowest BCUT2D eigenvalue weighted by Gasteiger charge is -2.26. The second-order valence-corrected chi connectivity index (χ2v) is 7.28. The van der Waals surface area contributed by atoms with Crippen molar-refractivity contribution in [2.24, 2.45) is 0 Å². The molecule has 0 aromatic carbocycles. The first kappa shape index (κ1) is 18.8. The van der Waals surface area contributed by atoms with Gasteiger partial charge in [-0.05, 0) is 46.9 Å². The van der Waals surface area contributed by atoms with E-state index in [1.807, 2.05) is 69.7 Å². The third-order valence-corrected chi connectivity index (χ3v) is 3.99. The summed E-state index contributed by atoms with van der Waals surface area (Å²) in [7, 11) is 1.98. The zero-order valence-corrected chi connectivity index (χ0v) is 15.5. The fourth-order valence-electron chi connectivity index (χ4n) is 2.55. The van der Waals surface area contributed by atoms with Gasteiger partial charge in [-0.1, -0.05) is 6.07 Å². The van der Waals surface area contributed by atoms with E-state index < -0.39 is 11.7 Å². The average molecular weight is 342 g/mol. The Kier molecular flexibility index (Phi) is 5.70. The van der Waals surface area contributed by atoms with Gasteiger partial charge in [0.15, 0.2) is 0 Å². The summed E-state index contributed by atoms with van der Waals surface area (Å²) in [6.07, 6.45) is 3.51. The minimum Gasteiger partial charge on any atom is -0.444 e. The number of carbonyl (C=O) groups is 1. The number of nitrogens with one attached hydrogen (secondary N) is 1. The number of pyridine rings is 1. The van der Waals surface area contributed by atoms with Crippen molar-refractivity contribution < 1.29 is 9.53 Å². The third kappa shape index (κ3) is 4.97. The van der Waals surface area contributed by atoms with E-state index in [-0.39, 0.29) is 6.04 Å². The van der Waals surface area contributed by atoms with Crippen molar-refractivity contribution in [3.8, 4) is 6.07 Å². The molecular weight excluding hydrogens is 316 g/mol. The van der Waals surface area contributed by atoms with Crippen LogP contribution in [0.4, 0.5) is 4.79 Å². The SMILES string of the molecule is CC(CNC(=O)OC(C)(C)C)N(C)Cc1cn2ccccc2c1C#N. The lowest BCUT2D eigenvalue weighted by molar-refractivity contribution is 0.0512. The maximum Gasteiger partial charge on any atom is 0.407 e. The minimum absolute atomic E-state index is 0.0991. The van der Waals surface area contributed by atoms with Crippen LogP contribution < -0.4 is 5.32 Å². The molecule has 1 unspecified atom stereocenters. The fraction of sp³-hybridized carbons (Fsp3) is 0.474. The number of ether oxygens (including phenoxy) is 1. The van der Waals surface area contributed by atoms with Crippen LogP contribution in [0.3, 0.4) is 0 Å². The van der Waals surface area contributed by atoms with Crippen molar-refractivity contribution in [3.05, 3.63) is 41.7 Å². The number of carbonyl (C=O) groups excluding carboxylic acids is 1. The number of likely N-dealkylation sites (N-methyl/N-ethyl adjacent to an activating group) is 1. The molecule has 1 N–H and O–H groups in total. The van der Waals surface area contributed by atoms with Crippen molar-refractivity contribution in [1.82, 2.24) is 14.6 Å². The summed E-state index contributed by atoms with van der Waals surface area (Å²) >= 11 is 0. The molecule has 25 heavy (non-hydrogen) atoms. The molecule has 6 nitrogen and oxygen atoms in total. The largest absolute Gasteiger partial charge is 0.444 e. The standard InChI is InChI=1S/C19H26N4O2/c1-14(11-21-18(24)25-19(2,3)4)22(5)12-15-13-23-9-7-6-8-17(23)16(15)10-20/h6-9,13-14H,11-12H2,1-5H3,(H,21,24). The third-order valence-electron chi connectivity index (χ3n) is 3.99. The molecule has 2 aromatic heterocycles. The highest BCUT2D eigenvalue weighted by atomic mass is 16.6. The maximum atomic E-state index is 11.8. The predicted octanol–water partition coefficient (Wildman–Crippen LogP) is 3.16. The molecule has 0 saturated carbocycles. The van der Waals surface area contributed by atoms with Gasteiger partial charge in [-0.3, -0.25) is 4.90 Å². The molecule has 0 fully saturated rings. The van der Waals surface area contributed by atoms with E-state index in [4.69, 9.17) is 4.74 Å². The first-order valence-corrected chi connectivity index (χ1v) is 8.37. The molecule has 0 aliphatic heterocycles. The molecule has 1 atom stereocenters. The van der Waals surface area contributed by atoms with E-state index in [2.05, 4.69) is 16.3 Å². The number of rotatable bonds is 5. The molecule has 134 valence electrons. The van der Waals surface area contributed by atoms with E-state index in [9.17, 15) is 10.1 Å². The Hall–Kier alpha value is -2.52. The first-order chi connectivity index (χ1) is 11.7. The molecule has 0 aliphatic rings. The van der Waals surface area contributed by atoms with E-state index in [1.54, 1.807) is 0 Å². The van der Waals surface area contributed by atoms with Gasteiger partial charge in [-0.15, -0.1) is 0 Å². The number of aromatic nitrogens is 1. The summed E-state index contributed by atoms with van der Waals surface area (Å²) in [6, 6.07) is 8.21. The molecule has 0 spiro atoms. The Morgan fingerprint density at radius 1 is 1.44 bits per heavy atom. The average Bonchev–Trinajstić information content (AvgIpc) is 2.87. The van der Waals surface area contributed by atoms with Crippen LogP contribution >= 0.6 is 0 Å². The summed E-state index contributed by atoms with van der Waals surface area (Å²) < 4.78 is 7.21. The number of amides is 1. The number of nitriles is 1. The van der Waals surface area contributed by atoms with Crippen molar-refractivity contribution in [2.75, 3.05) is 13.6 Å². The van der Waals surface area contributed by atoms with E-state index >= 15 is 0 Å². The highest BCUT2D eigenvalue weighted by molar-refractivity contribution is 5.67. The number of nitrogens with zero attached hydrogens (tertiary/aromatic N) is 3. The Labute approximate surface area is 149 Å². The van der Waals surface area contributed by atoms with Gasteiger partial charge in [0.1, 0.15) is 11.7 Å². The summed E-state index contributed by atoms with van der Waals surface area (Å²) in [5, 5.41) is 12.3. The monoisotopic (exact) mass is 342 g/mol. The van der Waals surface area contributed by atoms with Gasteiger partial charge in [0.2, 0.25) is 0 Å². The molecule has 2 aromatic rings. The second kappa shape index (κ2) is 7.58. The Balaban J connectivity index is 1.99. The molecule has 2 rings (SSSR count). The van der Waals surface area contributed by atoms with Crippen LogP contribution in [0.2, 0.25) is 0 Å². The van der Waals surface area contributed by atoms with Gasteiger partial charge < -0.3 is 14.5 Å². The van der Waals surface area contributed by atoms with Gasteiger partial charge in [0, 0.05) is 37.1 Å². The number of hydrogen-bond acceptors (Lipinski definition) is 4. The van der Waals surface area contributed by atoms with Crippen LogP contribution in [0.5, 0.6) is 0 Å². The van der Waals surface area contributed by atoms with Gasteiger partial charge in [-0.2, -0.15) is 5.26 Å². The van der Waals surface area contributed by atoms with Crippen molar-refractivity contribution in [1.29, 1.82) is 5.26 Å². The van der Waals surface area contributed by atoms with Gasteiger partial charge in [0.25, 0.3) is 0 Å². The van der Waals surface area contributed by atoms with Gasteiger partial charge in [0.05, 0.1) is 11.1 Å². The molecular formula is C19H26N4O2. The maximum absolute atomic E-state index is 11.8. The van der Waals surface area contributed by atoms with Crippen LogP contribution in [0, 0.1) is 11.3 Å². The number of hydrogen-bond donors (Lipinski definition) is 1. The van der Waals surface area contributed by atoms with E-state index in [0.29, 0.717) is 18.7 Å². The normalized spacial score (nSPS) is 12.8. The lowest BCUT2D eigenvalue weighted by atomic mass is 10.1. The molecule has 2 heterocycles. The molecule has 0 radical (unpaired) electrons. The van der Waals surface area contributed by atoms with Crippen LogP contribution in [0.25, 0.3) is 5.52 Å². The summed E-state index contributed by atoms with van der Waals surface area (Å²) in [6.45, 7) is 8.64. The van der Waals surface area contributed by atoms with Crippen LogP contribution in [0.1, 0.15) is 38.8 Å². The predicted molar refractivity (Wildman–Crippen MR) is 97.3 cm³/mol. The number of fused-ring (bicyclic) bond motifs is 1. The topological polar surface area (TPSA) is 69.8 Å². The Bertz CT molecular complexity index is 783. The highest BCUT2D eigenvalue weighted by Crippen LogP contribution is 2.19. The summed E-state index contributed by atoms with van der Waals surface area (Å²) in [5.41, 5.74) is 2.07. The Morgan fingerprint density at radius 2 is 2.16 bits per heavy atom. The molecule has 6 heteroatoms. The molecule has 1 amide bonds. The van der Waals surface area contributed by atoms with Gasteiger partial charge in [-0.25, -0.2) is 4.79 Å². The Morgan fingerprint density at radius 3 is 2.80 bits per heavy atom. The summed E-state index contributed by atoms with van der Waals surface area (Å²) in [4.78, 5) is 13.9. The smallest absolute Gasteiger partial charge is 0.407 e. The highest BCUT2D eigenvalue weighted by Gasteiger charge is 2.19. The van der Waals surface area contributed by atoms with Crippen molar-refractivity contribution in [3.63, 3.8) is 0 Å². The van der Waals surface area contributed by atoms with Crippen LogP contribution in [0.15, 0.2) is 30.6 Å². The van der Waals surface area contributed by atoms with Crippen LogP contribution in [-0.4, -0.2) is 40.6 Å². The quantitative estimate of drug-likeness (QED) is 0.906. The van der Waals surface area contributed by atoms with Crippen molar-refractivity contribution in [2.45, 2.75) is 45.9 Å². The molecule has 0 saturated heterocycles. The van der Waals surface area contributed by atoms with E-state index in [0.717, 1.165) is 11.1 Å². The zero-order valence-electron chi connectivity index (χ0n) is 15.5. The van der Waals surface area contributed by atoms with Crippen LogP contribution in [-0.2, 0) is 11.3 Å². The molecule has 0 aliphatic carbocycles.